The van der Waals surface area contributed by atoms with E-state index < -0.39 is 5.97 Å². The lowest BCUT2D eigenvalue weighted by Crippen LogP contribution is -2.17. The molecule has 3 N–H and O–H groups in total. The third kappa shape index (κ3) is 3.48. The summed E-state index contributed by atoms with van der Waals surface area (Å²) >= 11 is 8.11. The number of hydrogen-bond acceptors (Lipinski definition) is 5. The van der Waals surface area contributed by atoms with Crippen molar-refractivity contribution in [1.82, 2.24) is 0 Å². The average Bonchev–Trinajstić information content (AvgIpc) is 2.89. The average molecular weight is 301 g/mol. The van der Waals surface area contributed by atoms with Crippen molar-refractivity contribution in [2.75, 3.05) is 30.5 Å². The first kappa shape index (κ1) is 14.3. The van der Waals surface area contributed by atoms with E-state index in [1.807, 2.05) is 11.8 Å². The van der Waals surface area contributed by atoms with Crippen LogP contribution < -0.4 is 11.1 Å². The number of benzene rings is 1. The SMILES string of the molecule is COC(=O)c1cc(N)cc(Cl)c1NCC1CCCS1. The number of methoxy groups -OCH3 is 1. The summed E-state index contributed by atoms with van der Waals surface area (Å²) < 4.78 is 4.76. The molecule has 0 aliphatic carbocycles. The lowest BCUT2D eigenvalue weighted by molar-refractivity contribution is 0.0602. The molecule has 1 fully saturated rings. The Balaban J connectivity index is 2.19. The molecule has 1 aliphatic rings. The molecule has 104 valence electrons. The van der Waals surface area contributed by atoms with Crippen molar-refractivity contribution in [2.45, 2.75) is 18.1 Å². The van der Waals surface area contributed by atoms with Gasteiger partial charge >= 0.3 is 5.97 Å². The van der Waals surface area contributed by atoms with Crippen molar-refractivity contribution in [1.29, 1.82) is 0 Å². The number of carbonyl (C=O) groups excluding carboxylic acids is 1. The second-order valence-electron chi connectivity index (χ2n) is 4.43. The van der Waals surface area contributed by atoms with Gasteiger partial charge in [0.25, 0.3) is 0 Å². The molecule has 1 atom stereocenters. The number of nitrogens with one attached hydrogen (secondary N) is 1. The molecule has 1 aliphatic heterocycles. The summed E-state index contributed by atoms with van der Waals surface area (Å²) in [5.41, 5.74) is 7.16. The van der Waals surface area contributed by atoms with Crippen LogP contribution in [0.4, 0.5) is 11.4 Å². The number of rotatable bonds is 4. The van der Waals surface area contributed by atoms with Crippen molar-refractivity contribution in [3.63, 3.8) is 0 Å². The summed E-state index contributed by atoms with van der Waals surface area (Å²) in [6.45, 7) is 0.790. The third-order valence-electron chi connectivity index (χ3n) is 3.05. The highest BCUT2D eigenvalue weighted by molar-refractivity contribution is 8.00. The number of halogens is 1. The largest absolute Gasteiger partial charge is 0.465 e. The molecule has 0 bridgehead atoms. The Morgan fingerprint density at radius 3 is 3.05 bits per heavy atom. The molecule has 0 radical (unpaired) electrons. The van der Waals surface area contributed by atoms with Crippen LogP contribution in [0.1, 0.15) is 23.2 Å². The van der Waals surface area contributed by atoms with Crippen LogP contribution in [0.5, 0.6) is 0 Å². The van der Waals surface area contributed by atoms with Crippen LogP contribution in [0.2, 0.25) is 5.02 Å². The van der Waals surface area contributed by atoms with Gasteiger partial charge in [0.05, 0.1) is 23.4 Å². The van der Waals surface area contributed by atoms with Crippen LogP contribution in [0.15, 0.2) is 12.1 Å². The molecule has 1 unspecified atom stereocenters. The van der Waals surface area contributed by atoms with E-state index in [-0.39, 0.29) is 0 Å². The maximum Gasteiger partial charge on any atom is 0.340 e. The fraction of sp³-hybridized carbons (Fsp3) is 0.462. The zero-order chi connectivity index (χ0) is 13.8. The minimum absolute atomic E-state index is 0.385. The second-order valence-corrected chi connectivity index (χ2v) is 6.25. The van der Waals surface area contributed by atoms with Crippen LogP contribution in [-0.2, 0) is 4.74 Å². The molecular formula is C13H17ClN2O2S. The summed E-state index contributed by atoms with van der Waals surface area (Å²) in [4.78, 5) is 11.8. The fourth-order valence-electron chi connectivity index (χ4n) is 2.10. The van der Waals surface area contributed by atoms with E-state index in [4.69, 9.17) is 22.1 Å². The molecule has 0 saturated carbocycles. The van der Waals surface area contributed by atoms with E-state index in [1.54, 1.807) is 12.1 Å². The van der Waals surface area contributed by atoms with Gasteiger partial charge in [0.15, 0.2) is 0 Å². The molecule has 0 spiro atoms. The summed E-state index contributed by atoms with van der Waals surface area (Å²) in [6, 6.07) is 3.22. The van der Waals surface area contributed by atoms with E-state index in [0.717, 1.165) is 6.54 Å². The summed E-state index contributed by atoms with van der Waals surface area (Å²) in [5, 5.41) is 4.27. The maximum atomic E-state index is 11.8. The van der Waals surface area contributed by atoms with E-state index in [0.29, 0.717) is 27.2 Å². The highest BCUT2D eigenvalue weighted by Crippen LogP contribution is 2.32. The van der Waals surface area contributed by atoms with Crippen molar-refractivity contribution in [3.8, 4) is 0 Å². The molecule has 1 heterocycles. The first-order valence-corrected chi connectivity index (χ1v) is 7.57. The first-order valence-electron chi connectivity index (χ1n) is 6.14. The Hall–Kier alpha value is -1.07. The highest BCUT2D eigenvalue weighted by Gasteiger charge is 2.19. The number of esters is 1. The fourth-order valence-corrected chi connectivity index (χ4v) is 3.60. The van der Waals surface area contributed by atoms with Crippen LogP contribution in [0, 0.1) is 0 Å². The van der Waals surface area contributed by atoms with Crippen LogP contribution in [0.3, 0.4) is 0 Å². The van der Waals surface area contributed by atoms with Crippen molar-refractivity contribution in [3.05, 3.63) is 22.7 Å². The second kappa shape index (κ2) is 6.39. The van der Waals surface area contributed by atoms with Crippen LogP contribution in [0.25, 0.3) is 0 Å². The molecule has 1 saturated heterocycles. The van der Waals surface area contributed by atoms with Gasteiger partial charge in [-0.2, -0.15) is 11.8 Å². The number of anilines is 2. The van der Waals surface area contributed by atoms with E-state index >= 15 is 0 Å². The van der Waals surface area contributed by atoms with Gasteiger partial charge in [-0.3, -0.25) is 0 Å². The smallest absolute Gasteiger partial charge is 0.340 e. The van der Waals surface area contributed by atoms with Gasteiger partial charge in [-0.1, -0.05) is 11.6 Å². The predicted octanol–water partition coefficient (Wildman–Crippen LogP) is 3.02. The van der Waals surface area contributed by atoms with Gasteiger partial charge in [0.2, 0.25) is 0 Å². The van der Waals surface area contributed by atoms with Gasteiger partial charge in [0.1, 0.15) is 0 Å². The van der Waals surface area contributed by atoms with Crippen molar-refractivity contribution < 1.29 is 9.53 Å². The number of carbonyl (C=O) groups is 1. The Bertz CT molecular complexity index is 476. The van der Waals surface area contributed by atoms with Crippen LogP contribution in [-0.4, -0.2) is 30.6 Å². The number of thioether (sulfide) groups is 1. The van der Waals surface area contributed by atoms with E-state index in [9.17, 15) is 4.79 Å². The lowest BCUT2D eigenvalue weighted by atomic mass is 10.1. The van der Waals surface area contributed by atoms with Crippen LogP contribution >= 0.6 is 23.4 Å². The third-order valence-corrected chi connectivity index (χ3v) is 4.74. The van der Waals surface area contributed by atoms with E-state index in [2.05, 4.69) is 5.32 Å². The Morgan fingerprint density at radius 2 is 2.42 bits per heavy atom. The van der Waals surface area contributed by atoms with Gasteiger partial charge in [-0.15, -0.1) is 0 Å². The highest BCUT2D eigenvalue weighted by atomic mass is 35.5. The standard InChI is InChI=1S/C13H17ClN2O2S/c1-18-13(17)10-5-8(15)6-11(14)12(10)16-7-9-3-2-4-19-9/h5-6,9,16H,2-4,7,15H2,1H3. The minimum Gasteiger partial charge on any atom is -0.465 e. The number of nitrogen functional groups attached to an aromatic ring is 1. The topological polar surface area (TPSA) is 64.3 Å². The summed E-state index contributed by atoms with van der Waals surface area (Å²) in [6.07, 6.45) is 2.44. The molecule has 1 aromatic carbocycles. The Labute approximate surface area is 122 Å². The zero-order valence-corrected chi connectivity index (χ0v) is 12.3. The van der Waals surface area contributed by atoms with Crippen molar-refractivity contribution in [2.24, 2.45) is 0 Å². The normalized spacial score (nSPS) is 18.3. The quantitative estimate of drug-likeness (QED) is 0.661. The van der Waals surface area contributed by atoms with Crippen molar-refractivity contribution >= 4 is 40.7 Å². The Kier molecular flexibility index (Phi) is 4.82. The Morgan fingerprint density at radius 1 is 1.63 bits per heavy atom. The zero-order valence-electron chi connectivity index (χ0n) is 10.7. The molecule has 0 aromatic heterocycles. The lowest BCUT2D eigenvalue weighted by Gasteiger charge is -2.16. The minimum atomic E-state index is -0.434. The number of nitrogens with two attached hydrogens (primary N) is 1. The molecule has 19 heavy (non-hydrogen) atoms. The predicted molar refractivity (Wildman–Crippen MR) is 81.2 cm³/mol. The van der Waals surface area contributed by atoms with Gasteiger partial charge in [-0.25, -0.2) is 4.79 Å². The molecule has 6 heteroatoms. The van der Waals surface area contributed by atoms with E-state index in [1.165, 1.54) is 25.7 Å². The molecule has 4 nitrogen and oxygen atoms in total. The monoisotopic (exact) mass is 300 g/mol. The van der Waals surface area contributed by atoms with Gasteiger partial charge < -0.3 is 15.8 Å². The molecule has 0 amide bonds. The number of ether oxygens (including phenoxy) is 1. The van der Waals surface area contributed by atoms with Gasteiger partial charge in [-0.05, 0) is 30.7 Å². The van der Waals surface area contributed by atoms with Gasteiger partial charge in [0, 0.05) is 17.5 Å². The summed E-state index contributed by atoms with van der Waals surface area (Å²) in [5.74, 6) is 0.766. The first-order chi connectivity index (χ1) is 9.11. The maximum absolute atomic E-state index is 11.8. The summed E-state index contributed by atoms with van der Waals surface area (Å²) in [7, 11) is 1.34. The molecule has 1 aromatic rings. The number of hydrogen-bond donors (Lipinski definition) is 2. The molecule has 2 rings (SSSR count). The molecular weight excluding hydrogens is 284 g/mol.